The molecule has 6 atom stereocenters. The molecule has 5 heteroatoms. The van der Waals surface area contributed by atoms with E-state index in [0.717, 1.165) is 19.3 Å². The van der Waals surface area contributed by atoms with Crippen LogP contribution in [0.15, 0.2) is 23.8 Å². The van der Waals surface area contributed by atoms with E-state index >= 15 is 0 Å². The maximum absolute atomic E-state index is 11.6. The van der Waals surface area contributed by atoms with E-state index in [2.05, 4.69) is 23.2 Å². The second-order valence-electron chi connectivity index (χ2n) is 8.48. The summed E-state index contributed by atoms with van der Waals surface area (Å²) in [6, 6.07) is 0. The van der Waals surface area contributed by atoms with Gasteiger partial charge in [-0.3, -0.25) is 4.79 Å². The summed E-state index contributed by atoms with van der Waals surface area (Å²) < 4.78 is 0. The predicted octanol–water partition coefficient (Wildman–Crippen LogP) is 1.96. The number of likely N-dealkylation sites (N-methyl/N-ethyl adjacent to an activating group) is 1. The van der Waals surface area contributed by atoms with Crippen molar-refractivity contribution in [1.82, 2.24) is 10.2 Å². The fourth-order valence-electron chi connectivity index (χ4n) is 4.31. The lowest BCUT2D eigenvalue weighted by atomic mass is 9.89. The van der Waals surface area contributed by atoms with E-state index in [1.165, 1.54) is 5.57 Å². The number of hydrogen-bond donors (Lipinski definition) is 3. The molecular formula is C23H36N2O3. The van der Waals surface area contributed by atoms with Crippen LogP contribution >= 0.6 is 0 Å². The number of hydrogen-bond acceptors (Lipinski definition) is 4. The third-order valence-corrected chi connectivity index (χ3v) is 6.14. The SMILES string of the molecule is CC#CC[C@H](C)[C@H](O)C=C[C@@H]1[C@H]2CC(=CCNCC(=O)N(C)C)C[C@H]2C[C@H]1O. The third kappa shape index (κ3) is 6.20. The van der Waals surface area contributed by atoms with Crippen LogP contribution in [0.25, 0.3) is 0 Å². The highest BCUT2D eigenvalue weighted by Crippen LogP contribution is 2.50. The molecular weight excluding hydrogens is 352 g/mol. The van der Waals surface area contributed by atoms with Gasteiger partial charge in [-0.1, -0.05) is 30.7 Å². The maximum Gasteiger partial charge on any atom is 0.236 e. The highest BCUT2D eigenvalue weighted by Gasteiger charge is 2.44. The minimum absolute atomic E-state index is 0.0766. The van der Waals surface area contributed by atoms with Crippen molar-refractivity contribution in [3.63, 3.8) is 0 Å². The molecule has 0 aromatic carbocycles. The van der Waals surface area contributed by atoms with Crippen LogP contribution in [0.3, 0.4) is 0 Å². The molecule has 0 saturated heterocycles. The Morgan fingerprint density at radius 2 is 2.14 bits per heavy atom. The van der Waals surface area contributed by atoms with Crippen molar-refractivity contribution >= 4 is 5.91 Å². The molecule has 2 rings (SSSR count). The Bertz CT molecular complexity index is 644. The number of carbonyl (C=O) groups excluding carboxylic acids is 1. The third-order valence-electron chi connectivity index (χ3n) is 6.14. The Morgan fingerprint density at radius 1 is 1.39 bits per heavy atom. The van der Waals surface area contributed by atoms with Gasteiger partial charge in [-0.05, 0) is 43.9 Å². The molecule has 2 aliphatic carbocycles. The molecule has 0 aromatic rings. The van der Waals surface area contributed by atoms with Gasteiger partial charge in [-0.2, -0.15) is 0 Å². The average Bonchev–Trinajstić information content (AvgIpc) is 3.17. The normalized spacial score (nSPS) is 30.1. The van der Waals surface area contributed by atoms with Crippen LogP contribution in [0, 0.1) is 35.5 Å². The number of amides is 1. The second kappa shape index (κ2) is 10.8. The van der Waals surface area contributed by atoms with Gasteiger partial charge in [0.15, 0.2) is 0 Å². The fraction of sp³-hybridized carbons (Fsp3) is 0.696. The number of allylic oxidation sites excluding steroid dienone is 1. The van der Waals surface area contributed by atoms with Gasteiger partial charge in [0.05, 0.1) is 18.8 Å². The summed E-state index contributed by atoms with van der Waals surface area (Å²) in [5, 5.41) is 24.0. The topological polar surface area (TPSA) is 72.8 Å². The Labute approximate surface area is 169 Å². The Balaban J connectivity index is 1.86. The molecule has 0 heterocycles. The van der Waals surface area contributed by atoms with E-state index in [1.54, 1.807) is 19.0 Å². The van der Waals surface area contributed by atoms with Gasteiger partial charge in [0, 0.05) is 33.0 Å². The zero-order valence-electron chi connectivity index (χ0n) is 17.7. The molecule has 0 bridgehead atoms. The summed E-state index contributed by atoms with van der Waals surface area (Å²) in [5.41, 5.74) is 1.41. The van der Waals surface area contributed by atoms with E-state index in [9.17, 15) is 15.0 Å². The molecule has 0 radical (unpaired) electrons. The van der Waals surface area contributed by atoms with E-state index in [4.69, 9.17) is 0 Å². The summed E-state index contributed by atoms with van der Waals surface area (Å²) in [6.07, 6.45) is 8.78. The molecule has 5 nitrogen and oxygen atoms in total. The Hall–Kier alpha value is -1.61. The zero-order chi connectivity index (χ0) is 20.7. The molecule has 1 amide bonds. The lowest BCUT2D eigenvalue weighted by Crippen LogP contribution is -2.33. The highest BCUT2D eigenvalue weighted by atomic mass is 16.3. The van der Waals surface area contributed by atoms with Gasteiger partial charge in [0.2, 0.25) is 5.91 Å². The molecule has 2 aliphatic rings. The summed E-state index contributed by atoms with van der Waals surface area (Å²) in [7, 11) is 3.52. The van der Waals surface area contributed by atoms with Crippen molar-refractivity contribution in [2.75, 3.05) is 27.2 Å². The maximum atomic E-state index is 11.6. The number of aliphatic hydroxyl groups excluding tert-OH is 2. The van der Waals surface area contributed by atoms with Crippen LogP contribution in [0.2, 0.25) is 0 Å². The summed E-state index contributed by atoms with van der Waals surface area (Å²) in [4.78, 5) is 13.2. The van der Waals surface area contributed by atoms with Crippen LogP contribution in [0.5, 0.6) is 0 Å². The monoisotopic (exact) mass is 388 g/mol. The highest BCUT2D eigenvalue weighted by molar-refractivity contribution is 5.77. The summed E-state index contributed by atoms with van der Waals surface area (Å²) in [5.74, 6) is 7.12. The van der Waals surface area contributed by atoms with E-state index in [-0.39, 0.29) is 23.8 Å². The van der Waals surface area contributed by atoms with Crippen molar-refractivity contribution in [3.8, 4) is 11.8 Å². The molecule has 2 fully saturated rings. The zero-order valence-corrected chi connectivity index (χ0v) is 17.7. The standard InChI is InChI=1S/C23H36N2O3/c1-5-6-7-16(2)21(26)9-8-19-20-13-17(12-18(20)14-22(19)27)10-11-24-15-23(28)25(3)4/h8-10,16,18-22,24,26-27H,7,11-15H2,1-4H3/t16-,18-,19+,20-,21+,22+/m0/s1. The molecule has 0 aliphatic heterocycles. The van der Waals surface area contributed by atoms with Crippen LogP contribution in [-0.4, -0.2) is 60.4 Å². The van der Waals surface area contributed by atoms with E-state index < -0.39 is 6.10 Å². The van der Waals surface area contributed by atoms with Crippen molar-refractivity contribution in [3.05, 3.63) is 23.8 Å². The molecule has 156 valence electrons. The van der Waals surface area contributed by atoms with Gasteiger partial charge in [-0.25, -0.2) is 0 Å². The smallest absolute Gasteiger partial charge is 0.236 e. The lowest BCUT2D eigenvalue weighted by Gasteiger charge is -2.19. The first-order valence-corrected chi connectivity index (χ1v) is 10.4. The number of aliphatic hydroxyl groups is 2. The van der Waals surface area contributed by atoms with Gasteiger partial charge in [-0.15, -0.1) is 11.8 Å². The molecule has 2 saturated carbocycles. The van der Waals surface area contributed by atoms with Crippen LogP contribution in [0.1, 0.15) is 39.5 Å². The van der Waals surface area contributed by atoms with Gasteiger partial charge in [0.25, 0.3) is 0 Å². The number of nitrogens with zero attached hydrogens (tertiary/aromatic N) is 1. The van der Waals surface area contributed by atoms with Gasteiger partial charge >= 0.3 is 0 Å². The minimum atomic E-state index is -0.526. The summed E-state index contributed by atoms with van der Waals surface area (Å²) in [6.45, 7) is 4.86. The first kappa shape index (κ1) is 22.7. The Kier molecular flexibility index (Phi) is 8.75. The number of fused-ring (bicyclic) bond motifs is 1. The molecule has 0 spiro atoms. The van der Waals surface area contributed by atoms with Crippen molar-refractivity contribution in [2.24, 2.45) is 23.7 Å². The predicted molar refractivity (Wildman–Crippen MR) is 112 cm³/mol. The first-order chi connectivity index (χ1) is 13.3. The van der Waals surface area contributed by atoms with Crippen molar-refractivity contribution in [2.45, 2.75) is 51.7 Å². The average molecular weight is 389 g/mol. The molecule has 3 N–H and O–H groups in total. The van der Waals surface area contributed by atoms with E-state index in [1.807, 2.05) is 26.0 Å². The van der Waals surface area contributed by atoms with Crippen LogP contribution in [0.4, 0.5) is 0 Å². The quantitative estimate of drug-likeness (QED) is 0.338. The Morgan fingerprint density at radius 3 is 2.82 bits per heavy atom. The summed E-state index contributed by atoms with van der Waals surface area (Å²) >= 11 is 0. The van der Waals surface area contributed by atoms with Crippen LogP contribution < -0.4 is 5.32 Å². The first-order valence-electron chi connectivity index (χ1n) is 10.4. The molecule has 0 unspecified atom stereocenters. The second-order valence-corrected chi connectivity index (χ2v) is 8.48. The fourth-order valence-corrected chi connectivity index (χ4v) is 4.31. The molecule has 28 heavy (non-hydrogen) atoms. The van der Waals surface area contributed by atoms with E-state index in [0.29, 0.717) is 31.3 Å². The van der Waals surface area contributed by atoms with Gasteiger partial charge in [0.1, 0.15) is 0 Å². The largest absolute Gasteiger partial charge is 0.392 e. The van der Waals surface area contributed by atoms with Crippen molar-refractivity contribution < 1.29 is 15.0 Å². The van der Waals surface area contributed by atoms with Gasteiger partial charge < -0.3 is 20.4 Å². The number of nitrogens with one attached hydrogen (secondary N) is 1. The van der Waals surface area contributed by atoms with Crippen molar-refractivity contribution in [1.29, 1.82) is 0 Å². The minimum Gasteiger partial charge on any atom is -0.392 e. The number of rotatable bonds is 8. The van der Waals surface area contributed by atoms with Crippen LogP contribution in [-0.2, 0) is 4.79 Å². The lowest BCUT2D eigenvalue weighted by molar-refractivity contribution is -0.127. The number of carbonyl (C=O) groups is 1. The molecule has 0 aromatic heterocycles.